The molecule has 0 amide bonds. The van der Waals surface area contributed by atoms with Crippen molar-refractivity contribution >= 4 is 17.4 Å². The van der Waals surface area contributed by atoms with Gasteiger partial charge in [-0.05, 0) is 0 Å². The molecule has 26 heavy (non-hydrogen) atoms. The second-order valence-corrected chi connectivity index (χ2v) is 6.51. The first-order valence-electron chi connectivity index (χ1n) is 7.75. The Morgan fingerprint density at radius 2 is 2.08 bits per heavy atom. The minimum Gasteiger partial charge on any atom is -0.305 e. The Labute approximate surface area is 152 Å². The average Bonchev–Trinajstić information content (AvgIpc) is 3.24. The van der Waals surface area contributed by atoms with Crippen molar-refractivity contribution in [2.24, 2.45) is 7.05 Å². The number of rotatable bonds is 4. The summed E-state index contributed by atoms with van der Waals surface area (Å²) in [4.78, 5) is 16.5. The number of nitrogens with one attached hydrogen (secondary N) is 1. The number of benzene rings is 1. The maximum absolute atomic E-state index is 12.1. The van der Waals surface area contributed by atoms with Gasteiger partial charge in [-0.15, -0.1) is 10.2 Å². The fourth-order valence-corrected chi connectivity index (χ4v) is 3.41. The standard InChI is InChI=1S/C17H13N7OS/c1-23-16(11-5-3-2-4-6-11)21-22-17(23)26-10-13-7-14(25)24-15(20-13)12(8-18)9-19-24/h2-7,9,19H,10H2,1H3. The van der Waals surface area contributed by atoms with E-state index in [9.17, 15) is 4.79 Å². The van der Waals surface area contributed by atoms with E-state index < -0.39 is 0 Å². The predicted molar refractivity (Wildman–Crippen MR) is 96.5 cm³/mol. The van der Waals surface area contributed by atoms with Gasteiger partial charge in [0.25, 0.3) is 5.56 Å². The Morgan fingerprint density at radius 3 is 2.85 bits per heavy atom. The summed E-state index contributed by atoms with van der Waals surface area (Å²) in [5.41, 5.74) is 1.98. The Balaban J connectivity index is 1.60. The van der Waals surface area contributed by atoms with Crippen LogP contribution < -0.4 is 5.56 Å². The van der Waals surface area contributed by atoms with Crippen LogP contribution in [0.1, 0.15) is 11.3 Å². The second-order valence-electron chi connectivity index (χ2n) is 5.56. The minimum atomic E-state index is -0.255. The number of H-pyrrole nitrogens is 1. The van der Waals surface area contributed by atoms with E-state index in [1.54, 1.807) is 0 Å². The Kier molecular flexibility index (Phi) is 4.02. The van der Waals surface area contributed by atoms with Crippen molar-refractivity contribution in [1.29, 1.82) is 5.26 Å². The average molecular weight is 363 g/mol. The molecule has 4 aromatic rings. The molecule has 1 N–H and O–H groups in total. The van der Waals surface area contributed by atoms with E-state index in [1.807, 2.05) is 48.0 Å². The maximum Gasteiger partial charge on any atom is 0.272 e. The second kappa shape index (κ2) is 6.50. The van der Waals surface area contributed by atoms with E-state index in [0.717, 1.165) is 16.5 Å². The highest BCUT2D eigenvalue weighted by atomic mass is 32.2. The van der Waals surface area contributed by atoms with Crippen LogP contribution in [0.25, 0.3) is 17.0 Å². The van der Waals surface area contributed by atoms with Crippen LogP contribution in [0.15, 0.2) is 52.5 Å². The normalized spacial score (nSPS) is 10.9. The number of aromatic nitrogens is 6. The fourth-order valence-electron chi connectivity index (χ4n) is 2.60. The summed E-state index contributed by atoms with van der Waals surface area (Å²) in [7, 11) is 1.90. The van der Waals surface area contributed by atoms with Crippen molar-refractivity contribution in [2.75, 3.05) is 0 Å². The lowest BCUT2D eigenvalue weighted by atomic mass is 10.2. The third-order valence-corrected chi connectivity index (χ3v) is 4.94. The number of aromatic amines is 1. The number of thioether (sulfide) groups is 1. The molecule has 9 heteroatoms. The molecule has 0 spiro atoms. The fraction of sp³-hybridized carbons (Fsp3) is 0.118. The SMILES string of the molecule is Cn1c(SCc2cc(=O)n3[nH]cc(C#N)c3n2)nnc1-c1ccccc1. The number of nitrogens with zero attached hydrogens (tertiary/aromatic N) is 6. The van der Waals surface area contributed by atoms with Crippen LogP contribution in [0.5, 0.6) is 0 Å². The van der Waals surface area contributed by atoms with Crippen molar-refractivity contribution in [2.45, 2.75) is 10.9 Å². The van der Waals surface area contributed by atoms with E-state index in [2.05, 4.69) is 20.3 Å². The summed E-state index contributed by atoms with van der Waals surface area (Å²) in [5, 5.41) is 21.0. The third kappa shape index (κ3) is 2.76. The zero-order valence-electron chi connectivity index (χ0n) is 13.7. The molecular weight excluding hydrogens is 350 g/mol. The molecule has 0 radical (unpaired) electrons. The lowest BCUT2D eigenvalue weighted by Gasteiger charge is -2.04. The molecule has 0 saturated heterocycles. The molecule has 0 aliphatic heterocycles. The predicted octanol–water partition coefficient (Wildman–Crippen LogP) is 1.98. The Bertz CT molecular complexity index is 1180. The van der Waals surface area contributed by atoms with Gasteiger partial charge in [0.2, 0.25) is 0 Å². The topological polar surface area (TPSA) is 105 Å². The first-order valence-corrected chi connectivity index (χ1v) is 8.73. The van der Waals surface area contributed by atoms with Gasteiger partial charge in [-0.3, -0.25) is 9.89 Å². The van der Waals surface area contributed by atoms with Gasteiger partial charge in [-0.25, -0.2) is 9.50 Å². The number of hydrogen-bond acceptors (Lipinski definition) is 6. The van der Waals surface area contributed by atoms with Gasteiger partial charge in [0.1, 0.15) is 11.6 Å². The first kappa shape index (κ1) is 16.1. The molecule has 0 bridgehead atoms. The van der Waals surface area contributed by atoms with Gasteiger partial charge in [0, 0.05) is 30.6 Å². The Morgan fingerprint density at radius 1 is 1.27 bits per heavy atom. The third-order valence-electron chi connectivity index (χ3n) is 3.89. The summed E-state index contributed by atoms with van der Waals surface area (Å²) in [6.07, 6.45) is 1.47. The molecule has 0 atom stereocenters. The van der Waals surface area contributed by atoms with Crippen LogP contribution in [0, 0.1) is 11.3 Å². The molecule has 0 aliphatic rings. The molecular formula is C17H13N7OS. The summed E-state index contributed by atoms with van der Waals surface area (Å²) in [5.74, 6) is 1.22. The molecule has 0 aliphatic carbocycles. The maximum atomic E-state index is 12.1. The zero-order chi connectivity index (χ0) is 18.1. The number of nitriles is 1. The van der Waals surface area contributed by atoms with Crippen molar-refractivity contribution in [3.8, 4) is 17.5 Å². The highest BCUT2D eigenvalue weighted by Crippen LogP contribution is 2.24. The number of fused-ring (bicyclic) bond motifs is 1. The molecule has 3 heterocycles. The largest absolute Gasteiger partial charge is 0.305 e. The van der Waals surface area contributed by atoms with Crippen LogP contribution in [-0.2, 0) is 12.8 Å². The van der Waals surface area contributed by atoms with Gasteiger partial charge in [-0.2, -0.15) is 5.26 Å². The van der Waals surface area contributed by atoms with Crippen molar-refractivity contribution in [1.82, 2.24) is 29.4 Å². The van der Waals surface area contributed by atoms with Crippen LogP contribution >= 0.6 is 11.8 Å². The quantitative estimate of drug-likeness (QED) is 0.556. The molecule has 0 fully saturated rings. The van der Waals surface area contributed by atoms with Gasteiger partial charge >= 0.3 is 0 Å². The van der Waals surface area contributed by atoms with Crippen LogP contribution in [0.2, 0.25) is 0 Å². The smallest absolute Gasteiger partial charge is 0.272 e. The van der Waals surface area contributed by atoms with Gasteiger partial charge in [-0.1, -0.05) is 42.1 Å². The summed E-state index contributed by atoms with van der Waals surface area (Å²) >= 11 is 1.43. The monoisotopic (exact) mass is 363 g/mol. The summed E-state index contributed by atoms with van der Waals surface area (Å²) in [6, 6.07) is 13.3. The van der Waals surface area contributed by atoms with Crippen LogP contribution in [0.3, 0.4) is 0 Å². The van der Waals surface area contributed by atoms with Crippen LogP contribution in [0.4, 0.5) is 0 Å². The van der Waals surface area contributed by atoms with E-state index in [0.29, 0.717) is 22.7 Å². The van der Waals surface area contributed by atoms with Gasteiger partial charge in [0.15, 0.2) is 16.6 Å². The van der Waals surface area contributed by atoms with E-state index in [-0.39, 0.29) is 5.56 Å². The van der Waals surface area contributed by atoms with E-state index in [1.165, 1.54) is 28.5 Å². The summed E-state index contributed by atoms with van der Waals surface area (Å²) < 4.78 is 3.16. The molecule has 3 aromatic heterocycles. The van der Waals surface area contributed by atoms with E-state index >= 15 is 0 Å². The van der Waals surface area contributed by atoms with E-state index in [4.69, 9.17) is 5.26 Å². The molecule has 8 nitrogen and oxygen atoms in total. The molecule has 0 unspecified atom stereocenters. The van der Waals surface area contributed by atoms with Gasteiger partial charge in [0.05, 0.1) is 5.69 Å². The van der Waals surface area contributed by atoms with Crippen molar-refractivity contribution < 1.29 is 0 Å². The minimum absolute atomic E-state index is 0.255. The molecule has 1 aromatic carbocycles. The molecule has 0 saturated carbocycles. The Hall–Kier alpha value is -3.38. The lowest BCUT2D eigenvalue weighted by Crippen LogP contribution is -2.15. The van der Waals surface area contributed by atoms with Crippen molar-refractivity contribution in [3.05, 3.63) is 64.2 Å². The highest BCUT2D eigenvalue weighted by Gasteiger charge is 2.13. The lowest BCUT2D eigenvalue weighted by molar-refractivity contribution is 0.793. The highest BCUT2D eigenvalue weighted by molar-refractivity contribution is 7.98. The summed E-state index contributed by atoms with van der Waals surface area (Å²) in [6.45, 7) is 0. The first-order chi connectivity index (χ1) is 12.7. The van der Waals surface area contributed by atoms with Crippen LogP contribution in [-0.4, -0.2) is 29.4 Å². The molecule has 4 rings (SSSR count). The van der Waals surface area contributed by atoms with Crippen molar-refractivity contribution in [3.63, 3.8) is 0 Å². The zero-order valence-corrected chi connectivity index (χ0v) is 14.6. The van der Waals surface area contributed by atoms with Gasteiger partial charge < -0.3 is 4.57 Å². The molecule has 128 valence electrons. The number of hydrogen-bond donors (Lipinski definition) is 1.